The van der Waals surface area contributed by atoms with Gasteiger partial charge in [0.1, 0.15) is 11.6 Å². The number of anilines is 1. The van der Waals surface area contributed by atoms with Gasteiger partial charge in [-0.1, -0.05) is 6.07 Å². The second kappa shape index (κ2) is 9.44. The Balaban J connectivity index is 1.61. The zero-order valence-electron chi connectivity index (χ0n) is 21.8. The van der Waals surface area contributed by atoms with Crippen LogP contribution in [0.5, 0.6) is 0 Å². The van der Waals surface area contributed by atoms with Crippen molar-refractivity contribution in [3.05, 3.63) is 122 Å². The molecule has 1 N–H and O–H groups in total. The molecule has 2 aliphatic heterocycles. The van der Waals surface area contributed by atoms with E-state index in [0.717, 1.165) is 12.3 Å². The second-order valence-corrected chi connectivity index (χ2v) is 12.6. The van der Waals surface area contributed by atoms with Gasteiger partial charge >= 0.3 is 0 Å². The number of halogens is 2. The summed E-state index contributed by atoms with van der Waals surface area (Å²) in [5.74, 6) is -2.06. The molecule has 0 saturated carbocycles. The minimum Gasteiger partial charge on any atom is -0.384 e. The van der Waals surface area contributed by atoms with Gasteiger partial charge in [-0.2, -0.15) is 0 Å². The van der Waals surface area contributed by atoms with Gasteiger partial charge in [0.25, 0.3) is 11.1 Å². The summed E-state index contributed by atoms with van der Waals surface area (Å²) < 4.78 is 57.0. The van der Waals surface area contributed by atoms with Crippen LogP contribution in [0.3, 0.4) is 0 Å². The molecule has 2 aromatic heterocycles. The van der Waals surface area contributed by atoms with Gasteiger partial charge in [0.05, 0.1) is 28.7 Å². The molecule has 3 aromatic rings. The number of nitrogens with one attached hydrogen (secondary N) is 1. The summed E-state index contributed by atoms with van der Waals surface area (Å²) in [6.07, 6.45) is 7.85. The Morgan fingerprint density at radius 3 is 2.60 bits per heavy atom. The highest BCUT2D eigenvalue weighted by molar-refractivity contribution is 7.91. The summed E-state index contributed by atoms with van der Waals surface area (Å²) in [7, 11) is -1.87. The van der Waals surface area contributed by atoms with Crippen molar-refractivity contribution < 1.29 is 17.2 Å². The molecule has 1 aliphatic carbocycles. The van der Waals surface area contributed by atoms with Crippen molar-refractivity contribution in [2.24, 2.45) is 13.0 Å². The van der Waals surface area contributed by atoms with Gasteiger partial charge in [-0.3, -0.25) is 9.59 Å². The van der Waals surface area contributed by atoms with Gasteiger partial charge in [0, 0.05) is 68.6 Å². The Bertz CT molecular complexity index is 1890. The predicted octanol–water partition coefficient (Wildman–Crippen LogP) is 2.67. The summed E-state index contributed by atoms with van der Waals surface area (Å²) in [6.45, 7) is 0.623. The largest absolute Gasteiger partial charge is 0.384 e. The Hall–Kier alpha value is -4.25. The van der Waals surface area contributed by atoms with Crippen molar-refractivity contribution in [1.82, 2.24) is 14.5 Å². The topological polar surface area (TPSA) is 93.4 Å². The van der Waals surface area contributed by atoms with Crippen LogP contribution in [0, 0.1) is 17.6 Å². The van der Waals surface area contributed by atoms with Crippen LogP contribution in [0.15, 0.2) is 87.9 Å². The van der Waals surface area contributed by atoms with E-state index in [4.69, 9.17) is 0 Å². The lowest BCUT2D eigenvalue weighted by molar-refractivity contribution is 0.374. The predicted molar refractivity (Wildman–Crippen MR) is 149 cm³/mol. The van der Waals surface area contributed by atoms with Crippen LogP contribution in [0.4, 0.5) is 14.5 Å². The Labute approximate surface area is 229 Å². The summed E-state index contributed by atoms with van der Waals surface area (Å²) in [4.78, 5) is 27.9. The number of hydrogen-bond acceptors (Lipinski definition) is 6. The number of aryl methyl sites for hydroxylation is 1. The van der Waals surface area contributed by atoms with Gasteiger partial charge in [-0.15, -0.1) is 0 Å². The van der Waals surface area contributed by atoms with Crippen molar-refractivity contribution in [2.45, 2.75) is 12.6 Å². The van der Waals surface area contributed by atoms with Gasteiger partial charge in [-0.25, -0.2) is 17.2 Å². The lowest BCUT2D eigenvalue weighted by atomic mass is 9.84. The molecule has 0 fully saturated rings. The minimum absolute atomic E-state index is 0.130. The second-order valence-electron chi connectivity index (χ2n) is 10.4. The highest BCUT2D eigenvalue weighted by Gasteiger charge is 2.44. The highest BCUT2D eigenvalue weighted by atomic mass is 32.2. The number of hydrogen-bond donors (Lipinski definition) is 1. The average molecular weight is 565 g/mol. The third kappa shape index (κ3) is 4.40. The van der Waals surface area contributed by atoms with Crippen LogP contribution in [0.2, 0.25) is 0 Å². The molecule has 3 aliphatic rings. The molecule has 2 atom stereocenters. The van der Waals surface area contributed by atoms with Crippen LogP contribution < -0.4 is 21.3 Å². The Kier molecular flexibility index (Phi) is 6.14. The summed E-state index contributed by atoms with van der Waals surface area (Å²) in [6, 6.07) is 9.40. The number of aromatic nitrogens is 2. The van der Waals surface area contributed by atoms with Crippen LogP contribution >= 0.6 is 0 Å². The Morgan fingerprint density at radius 1 is 1.07 bits per heavy atom. The van der Waals surface area contributed by atoms with Crippen LogP contribution in [-0.2, 0) is 23.4 Å². The van der Waals surface area contributed by atoms with Crippen molar-refractivity contribution in [2.75, 3.05) is 23.5 Å². The first-order valence-electron chi connectivity index (χ1n) is 12.7. The summed E-state index contributed by atoms with van der Waals surface area (Å²) in [5.41, 5.74) is 2.75. The first-order chi connectivity index (χ1) is 19.0. The van der Waals surface area contributed by atoms with Crippen molar-refractivity contribution >= 4 is 26.8 Å². The molecule has 0 amide bonds. The van der Waals surface area contributed by atoms with E-state index in [9.17, 15) is 22.4 Å². The molecule has 8 nitrogen and oxygen atoms in total. The molecule has 2 unspecified atom stereocenters. The van der Waals surface area contributed by atoms with E-state index in [1.54, 1.807) is 59.4 Å². The lowest BCUT2D eigenvalue weighted by Gasteiger charge is -2.39. The van der Waals surface area contributed by atoms with E-state index in [1.165, 1.54) is 22.8 Å². The number of fused-ring (bicyclic) bond motifs is 2. The quantitative estimate of drug-likeness (QED) is 0.513. The third-order valence-corrected chi connectivity index (χ3v) is 8.41. The molecule has 1 aromatic carbocycles. The molecule has 0 spiro atoms. The number of allylic oxidation sites excluding steroid dienone is 1. The molecular weight excluding hydrogens is 538 g/mol. The molecule has 0 saturated heterocycles. The first-order valence-corrected chi connectivity index (χ1v) is 14.8. The van der Waals surface area contributed by atoms with Gasteiger partial charge < -0.3 is 19.4 Å². The van der Waals surface area contributed by atoms with Crippen molar-refractivity contribution in [3.8, 4) is 0 Å². The Morgan fingerprint density at radius 2 is 1.88 bits per heavy atom. The first kappa shape index (κ1) is 26.0. The van der Waals surface area contributed by atoms with E-state index < -0.39 is 27.5 Å². The summed E-state index contributed by atoms with van der Waals surface area (Å²) in [5, 5.41) is 3.40. The fourth-order valence-corrected chi connectivity index (χ4v) is 6.69. The highest BCUT2D eigenvalue weighted by Crippen LogP contribution is 2.46. The van der Waals surface area contributed by atoms with E-state index in [1.807, 2.05) is 0 Å². The number of sulfone groups is 1. The molecule has 0 bridgehead atoms. The monoisotopic (exact) mass is 564 g/mol. The SMILES string of the molecule is Cn1ccc2c(c1=O)C1=C3C(=CN(c4ccc(F)cc4F)C3C(Cn3ccccc3=O)CN1)C=C2CS(C)(=O)=O. The fraction of sp³-hybridized carbons (Fsp3) is 0.241. The van der Waals surface area contributed by atoms with Crippen LogP contribution in [0.1, 0.15) is 11.1 Å². The zero-order chi connectivity index (χ0) is 28.3. The number of pyridine rings is 2. The molecule has 11 heteroatoms. The number of rotatable bonds is 5. The molecule has 206 valence electrons. The van der Waals surface area contributed by atoms with E-state index in [-0.39, 0.29) is 35.0 Å². The molecular formula is C29H26F2N4O4S. The maximum absolute atomic E-state index is 15.2. The average Bonchev–Trinajstić information content (AvgIpc) is 3.19. The van der Waals surface area contributed by atoms with Gasteiger partial charge in [-0.05, 0) is 47.1 Å². The minimum atomic E-state index is -3.49. The van der Waals surface area contributed by atoms with Gasteiger partial charge in [0.15, 0.2) is 9.84 Å². The lowest BCUT2D eigenvalue weighted by Crippen LogP contribution is -2.48. The van der Waals surface area contributed by atoms with Gasteiger partial charge in [0.2, 0.25) is 0 Å². The molecule has 6 rings (SSSR count). The van der Waals surface area contributed by atoms with Crippen LogP contribution in [0.25, 0.3) is 11.3 Å². The smallest absolute Gasteiger partial charge is 0.260 e. The molecule has 0 radical (unpaired) electrons. The third-order valence-electron chi connectivity index (χ3n) is 7.57. The number of nitrogens with zero attached hydrogens (tertiary/aromatic N) is 3. The van der Waals surface area contributed by atoms with Crippen LogP contribution in [-0.4, -0.2) is 42.1 Å². The normalized spacial score (nSPS) is 19.9. The standard InChI is InChI=1S/C29H26F2N4O4S/c1-33-10-8-21-18(16-40(2,38)39)11-17-15-35(23-7-6-20(30)12-22(23)31)28-19(14-34-9-4-3-5-24(34)36)13-32-27(25(17)28)26(21)29(33)37/h3-12,15,19,28,32H,13-14,16H2,1-2H3. The maximum Gasteiger partial charge on any atom is 0.260 e. The number of benzene rings is 1. The van der Waals surface area contributed by atoms with Crippen molar-refractivity contribution in [1.29, 1.82) is 0 Å². The maximum atomic E-state index is 15.2. The van der Waals surface area contributed by atoms with E-state index >= 15 is 4.39 Å². The molecule has 4 heterocycles. The van der Waals surface area contributed by atoms with E-state index in [0.29, 0.717) is 40.1 Å². The summed E-state index contributed by atoms with van der Waals surface area (Å²) >= 11 is 0. The molecule has 40 heavy (non-hydrogen) atoms. The van der Waals surface area contributed by atoms with Crippen molar-refractivity contribution in [3.63, 3.8) is 0 Å². The fourth-order valence-electron chi connectivity index (χ4n) is 5.89. The zero-order valence-corrected chi connectivity index (χ0v) is 22.6. The van der Waals surface area contributed by atoms with E-state index in [2.05, 4.69) is 5.32 Å².